The molecular weight excluding hydrogens is 580 g/mol. The molecular formula is C25H26Br2N4O4. The molecule has 0 spiro atoms. The van der Waals surface area contributed by atoms with Crippen molar-refractivity contribution >= 4 is 54.9 Å². The van der Waals surface area contributed by atoms with Gasteiger partial charge in [-0.3, -0.25) is 9.59 Å². The average Bonchev–Trinajstić information content (AvgIpc) is 2.86. The number of primary amides is 1. The van der Waals surface area contributed by atoms with Crippen LogP contribution in [0.4, 0.5) is 0 Å². The molecule has 35 heavy (non-hydrogen) atoms. The zero-order valence-electron chi connectivity index (χ0n) is 19.3. The molecule has 0 aliphatic heterocycles. The topological polar surface area (TPSA) is 109 Å². The molecule has 1 aliphatic carbocycles. The second-order valence-electron chi connectivity index (χ2n) is 8.29. The van der Waals surface area contributed by atoms with Gasteiger partial charge in [0, 0.05) is 16.0 Å². The van der Waals surface area contributed by atoms with Gasteiger partial charge in [-0.1, -0.05) is 31.4 Å². The molecule has 1 saturated carbocycles. The van der Waals surface area contributed by atoms with Crippen molar-refractivity contribution in [3.63, 3.8) is 0 Å². The van der Waals surface area contributed by atoms with E-state index < -0.39 is 5.91 Å². The third-order valence-corrected chi connectivity index (χ3v) is 8.02. The first-order valence-corrected chi connectivity index (χ1v) is 13.1. The number of nitrogens with two attached hydrogens (primary N) is 1. The number of carbonyl (C=O) groups is 1. The maximum absolute atomic E-state index is 13.4. The number of benzene rings is 2. The minimum absolute atomic E-state index is 0.178. The first-order valence-electron chi connectivity index (χ1n) is 11.5. The molecule has 8 nitrogen and oxygen atoms in total. The lowest BCUT2D eigenvalue weighted by Gasteiger charge is -2.22. The third-order valence-electron chi connectivity index (χ3n) is 5.88. The molecule has 1 aliphatic rings. The SMILES string of the molecule is CCOc1cc(C=Nn2c(C3CCCCC3)nc3ccccc3c2=O)c(Br)c(Br)c1OCC(N)=O. The zero-order valence-corrected chi connectivity index (χ0v) is 22.5. The van der Waals surface area contributed by atoms with Gasteiger partial charge < -0.3 is 15.2 Å². The van der Waals surface area contributed by atoms with Crippen LogP contribution in [0.3, 0.4) is 0 Å². The van der Waals surface area contributed by atoms with E-state index in [0.29, 0.717) is 49.3 Å². The van der Waals surface area contributed by atoms with E-state index in [4.69, 9.17) is 20.2 Å². The van der Waals surface area contributed by atoms with E-state index >= 15 is 0 Å². The Kier molecular flexibility index (Phi) is 8.22. The van der Waals surface area contributed by atoms with Crippen LogP contribution in [0.15, 0.2) is 49.2 Å². The van der Waals surface area contributed by atoms with E-state index in [-0.39, 0.29) is 18.1 Å². The first kappa shape index (κ1) is 25.4. The lowest BCUT2D eigenvalue weighted by molar-refractivity contribution is -0.119. The number of hydrogen-bond donors (Lipinski definition) is 1. The van der Waals surface area contributed by atoms with Gasteiger partial charge in [0.1, 0.15) is 5.82 Å². The number of hydrogen-bond acceptors (Lipinski definition) is 6. The van der Waals surface area contributed by atoms with E-state index in [1.807, 2.05) is 25.1 Å². The Labute approximate surface area is 219 Å². The number of fused-ring (bicyclic) bond motifs is 1. The Balaban J connectivity index is 1.81. The fourth-order valence-corrected chi connectivity index (χ4v) is 5.17. The Morgan fingerprint density at radius 1 is 1.20 bits per heavy atom. The van der Waals surface area contributed by atoms with Gasteiger partial charge in [0.15, 0.2) is 18.1 Å². The summed E-state index contributed by atoms with van der Waals surface area (Å²) in [7, 11) is 0. The fourth-order valence-electron chi connectivity index (χ4n) is 4.24. The van der Waals surface area contributed by atoms with E-state index in [1.165, 1.54) is 11.1 Å². The molecule has 1 fully saturated rings. The number of ether oxygens (including phenoxy) is 2. The number of halogens is 2. The Morgan fingerprint density at radius 2 is 1.94 bits per heavy atom. The molecule has 0 atom stereocenters. The van der Waals surface area contributed by atoms with Gasteiger partial charge >= 0.3 is 0 Å². The number of rotatable bonds is 8. The summed E-state index contributed by atoms with van der Waals surface area (Å²) < 4.78 is 13.9. The standard InChI is InChI=1S/C25H26Br2N4O4/c1-2-34-19-12-16(21(26)22(27)23(19)35-14-20(28)32)13-29-31-24(15-8-4-3-5-9-15)30-18-11-7-6-10-17(18)25(31)33/h6-7,10-13,15H,2-5,8-9,14H2,1H3,(H2,28,32). The number of aromatic nitrogens is 2. The Morgan fingerprint density at radius 3 is 2.66 bits per heavy atom. The van der Waals surface area contributed by atoms with Crippen molar-refractivity contribution in [2.75, 3.05) is 13.2 Å². The van der Waals surface area contributed by atoms with Crippen LogP contribution in [0.25, 0.3) is 10.9 Å². The smallest absolute Gasteiger partial charge is 0.282 e. The van der Waals surface area contributed by atoms with Gasteiger partial charge in [0.25, 0.3) is 11.5 Å². The lowest BCUT2D eigenvalue weighted by atomic mass is 9.88. The summed E-state index contributed by atoms with van der Waals surface area (Å²) in [6.45, 7) is 1.94. The average molecular weight is 606 g/mol. The molecule has 0 bridgehead atoms. The van der Waals surface area contributed by atoms with Gasteiger partial charge in [0.2, 0.25) is 0 Å². The van der Waals surface area contributed by atoms with Crippen molar-refractivity contribution in [2.24, 2.45) is 10.8 Å². The Bertz CT molecular complexity index is 1330. The second kappa shape index (κ2) is 11.3. The van der Waals surface area contributed by atoms with Gasteiger partial charge in [0.05, 0.1) is 28.2 Å². The maximum atomic E-state index is 13.4. The van der Waals surface area contributed by atoms with Crippen molar-refractivity contribution < 1.29 is 14.3 Å². The van der Waals surface area contributed by atoms with Gasteiger partial charge in [-0.25, -0.2) is 4.98 Å². The van der Waals surface area contributed by atoms with Crippen LogP contribution < -0.4 is 20.8 Å². The van der Waals surface area contributed by atoms with Crippen molar-refractivity contribution in [1.82, 2.24) is 9.66 Å². The summed E-state index contributed by atoms with van der Waals surface area (Å²) in [5.74, 6) is 1.03. The normalized spacial score (nSPS) is 14.5. The Hall–Kier alpha value is -2.72. The van der Waals surface area contributed by atoms with E-state index in [9.17, 15) is 9.59 Å². The highest BCUT2D eigenvalue weighted by Crippen LogP contribution is 2.42. The molecule has 1 amide bonds. The van der Waals surface area contributed by atoms with E-state index in [1.54, 1.807) is 18.3 Å². The largest absolute Gasteiger partial charge is 0.490 e. The minimum atomic E-state index is -0.598. The third kappa shape index (κ3) is 5.59. The van der Waals surface area contributed by atoms with Crippen LogP contribution in [0, 0.1) is 0 Å². The number of para-hydroxylation sites is 1. The second-order valence-corrected chi connectivity index (χ2v) is 9.88. The summed E-state index contributed by atoms with van der Waals surface area (Å²) in [5.41, 5.74) is 6.37. The molecule has 10 heteroatoms. The molecule has 1 aromatic heterocycles. The van der Waals surface area contributed by atoms with Crippen LogP contribution in [0.5, 0.6) is 11.5 Å². The molecule has 1 heterocycles. The molecule has 0 radical (unpaired) electrons. The fraction of sp³-hybridized carbons (Fsp3) is 0.360. The highest BCUT2D eigenvalue weighted by molar-refractivity contribution is 9.13. The predicted octanol–water partition coefficient (Wildman–Crippen LogP) is 5.11. The van der Waals surface area contributed by atoms with Crippen molar-refractivity contribution in [3.8, 4) is 11.5 Å². The molecule has 4 rings (SSSR count). The molecule has 3 aromatic rings. The zero-order chi connectivity index (χ0) is 24.9. The summed E-state index contributed by atoms with van der Waals surface area (Å²) in [6.07, 6.45) is 6.98. The predicted molar refractivity (Wildman–Crippen MR) is 143 cm³/mol. The van der Waals surface area contributed by atoms with Crippen LogP contribution in [-0.2, 0) is 4.79 Å². The quantitative estimate of drug-likeness (QED) is 0.359. The van der Waals surface area contributed by atoms with E-state index in [0.717, 1.165) is 25.7 Å². The summed E-state index contributed by atoms with van der Waals surface area (Å²) in [4.78, 5) is 29.5. The summed E-state index contributed by atoms with van der Waals surface area (Å²) >= 11 is 7.06. The van der Waals surface area contributed by atoms with Gasteiger partial charge in [-0.15, -0.1) is 0 Å². The van der Waals surface area contributed by atoms with Crippen LogP contribution in [0.1, 0.15) is 56.3 Å². The van der Waals surface area contributed by atoms with Crippen LogP contribution >= 0.6 is 31.9 Å². The van der Waals surface area contributed by atoms with Crippen molar-refractivity contribution in [2.45, 2.75) is 44.9 Å². The van der Waals surface area contributed by atoms with Crippen LogP contribution in [0.2, 0.25) is 0 Å². The van der Waals surface area contributed by atoms with Crippen molar-refractivity contribution in [1.29, 1.82) is 0 Å². The number of nitrogens with zero attached hydrogens (tertiary/aromatic N) is 3. The maximum Gasteiger partial charge on any atom is 0.282 e. The summed E-state index contributed by atoms with van der Waals surface area (Å²) in [5, 5.41) is 5.13. The monoisotopic (exact) mass is 604 g/mol. The minimum Gasteiger partial charge on any atom is -0.490 e. The molecule has 0 unspecified atom stereocenters. The number of carbonyl (C=O) groups excluding carboxylic acids is 1. The van der Waals surface area contributed by atoms with E-state index in [2.05, 4.69) is 37.0 Å². The van der Waals surface area contributed by atoms with Crippen molar-refractivity contribution in [3.05, 3.63) is 61.0 Å². The van der Waals surface area contributed by atoms with Crippen LogP contribution in [-0.4, -0.2) is 35.0 Å². The first-order chi connectivity index (χ1) is 16.9. The summed E-state index contributed by atoms with van der Waals surface area (Å²) in [6, 6.07) is 9.08. The molecule has 2 aromatic carbocycles. The molecule has 0 saturated heterocycles. The molecule has 2 N–H and O–H groups in total. The van der Waals surface area contributed by atoms with Gasteiger partial charge in [-0.2, -0.15) is 9.78 Å². The number of amides is 1. The highest BCUT2D eigenvalue weighted by atomic mass is 79.9. The molecule has 184 valence electrons. The lowest BCUT2D eigenvalue weighted by Crippen LogP contribution is -2.25. The van der Waals surface area contributed by atoms with Gasteiger partial charge in [-0.05, 0) is 69.8 Å². The highest BCUT2D eigenvalue weighted by Gasteiger charge is 2.23.